The van der Waals surface area contributed by atoms with E-state index in [1.807, 2.05) is 28.8 Å². The zero-order valence-corrected chi connectivity index (χ0v) is 12.4. The second-order valence-electron chi connectivity index (χ2n) is 5.10. The smallest absolute Gasteiger partial charge is 0.128 e. The average molecular weight is 299 g/mol. The van der Waals surface area contributed by atoms with Crippen molar-refractivity contribution in [2.45, 2.75) is 13.0 Å². The van der Waals surface area contributed by atoms with Crippen molar-refractivity contribution in [3.05, 3.63) is 59.7 Å². The Morgan fingerprint density at radius 3 is 2.77 bits per heavy atom. The Kier molecular flexibility index (Phi) is 4.06. The lowest BCUT2D eigenvalue weighted by atomic mass is 10.2. The minimum atomic E-state index is -0.212. The lowest BCUT2D eigenvalue weighted by Crippen LogP contribution is -2.11. The SMILES string of the molecule is COc1ccc2c(c1)nc(CCN)n2Cc1ccccc1F. The van der Waals surface area contributed by atoms with Gasteiger partial charge >= 0.3 is 0 Å². The Morgan fingerprint density at radius 1 is 1.23 bits per heavy atom. The van der Waals surface area contributed by atoms with Crippen LogP contribution in [0, 0.1) is 5.82 Å². The molecule has 114 valence electrons. The largest absolute Gasteiger partial charge is 0.497 e. The zero-order chi connectivity index (χ0) is 15.5. The van der Waals surface area contributed by atoms with Gasteiger partial charge in [-0.15, -0.1) is 0 Å². The molecule has 0 unspecified atom stereocenters. The Labute approximate surface area is 128 Å². The molecule has 3 rings (SSSR count). The van der Waals surface area contributed by atoms with E-state index in [2.05, 4.69) is 4.98 Å². The van der Waals surface area contributed by atoms with Crippen LogP contribution in [0.25, 0.3) is 11.0 Å². The van der Waals surface area contributed by atoms with Crippen molar-refractivity contribution in [2.75, 3.05) is 13.7 Å². The van der Waals surface area contributed by atoms with Gasteiger partial charge in [0, 0.05) is 18.1 Å². The number of benzene rings is 2. The molecule has 0 aliphatic carbocycles. The molecule has 0 fully saturated rings. The molecule has 22 heavy (non-hydrogen) atoms. The molecule has 0 saturated heterocycles. The average Bonchev–Trinajstić information content (AvgIpc) is 2.86. The molecular weight excluding hydrogens is 281 g/mol. The second-order valence-corrected chi connectivity index (χ2v) is 5.10. The maximum Gasteiger partial charge on any atom is 0.128 e. The van der Waals surface area contributed by atoms with Gasteiger partial charge in [0.15, 0.2) is 0 Å². The molecule has 0 radical (unpaired) electrons. The van der Waals surface area contributed by atoms with Gasteiger partial charge in [0.05, 0.1) is 24.7 Å². The highest BCUT2D eigenvalue weighted by atomic mass is 19.1. The van der Waals surface area contributed by atoms with Crippen molar-refractivity contribution in [3.63, 3.8) is 0 Å². The molecule has 0 atom stereocenters. The molecule has 0 bridgehead atoms. The lowest BCUT2D eigenvalue weighted by molar-refractivity contribution is 0.415. The molecule has 0 aliphatic heterocycles. The van der Waals surface area contributed by atoms with E-state index in [9.17, 15) is 4.39 Å². The van der Waals surface area contributed by atoms with E-state index in [1.54, 1.807) is 19.2 Å². The third kappa shape index (κ3) is 2.67. The Bertz CT molecular complexity index is 798. The van der Waals surface area contributed by atoms with Crippen LogP contribution in [0.3, 0.4) is 0 Å². The number of hydrogen-bond donors (Lipinski definition) is 1. The summed E-state index contributed by atoms with van der Waals surface area (Å²) in [6, 6.07) is 12.5. The first kappa shape index (κ1) is 14.5. The predicted molar refractivity (Wildman–Crippen MR) is 84.5 cm³/mol. The highest BCUT2D eigenvalue weighted by molar-refractivity contribution is 5.78. The molecule has 0 aliphatic rings. The van der Waals surface area contributed by atoms with Crippen LogP contribution >= 0.6 is 0 Å². The number of hydrogen-bond acceptors (Lipinski definition) is 3. The number of aromatic nitrogens is 2. The van der Waals surface area contributed by atoms with Crippen LogP contribution in [-0.4, -0.2) is 23.2 Å². The highest BCUT2D eigenvalue weighted by Crippen LogP contribution is 2.23. The normalized spacial score (nSPS) is 11.0. The number of fused-ring (bicyclic) bond motifs is 1. The number of nitrogens with zero attached hydrogens (tertiary/aromatic N) is 2. The molecule has 0 amide bonds. The number of halogens is 1. The van der Waals surface area contributed by atoms with Crippen molar-refractivity contribution in [1.29, 1.82) is 0 Å². The Morgan fingerprint density at radius 2 is 2.05 bits per heavy atom. The molecule has 2 N–H and O–H groups in total. The van der Waals surface area contributed by atoms with E-state index in [-0.39, 0.29) is 5.82 Å². The van der Waals surface area contributed by atoms with Crippen LogP contribution < -0.4 is 10.5 Å². The van der Waals surface area contributed by atoms with E-state index in [1.165, 1.54) is 6.07 Å². The van der Waals surface area contributed by atoms with Gasteiger partial charge in [-0.2, -0.15) is 0 Å². The molecule has 5 heteroatoms. The monoisotopic (exact) mass is 299 g/mol. The van der Waals surface area contributed by atoms with Crippen molar-refractivity contribution in [1.82, 2.24) is 9.55 Å². The van der Waals surface area contributed by atoms with Gasteiger partial charge in [-0.1, -0.05) is 18.2 Å². The number of rotatable bonds is 5. The summed E-state index contributed by atoms with van der Waals surface area (Å²) in [5, 5.41) is 0. The Hall–Kier alpha value is -2.40. The fourth-order valence-corrected chi connectivity index (χ4v) is 2.58. The van der Waals surface area contributed by atoms with Crippen molar-refractivity contribution in [3.8, 4) is 5.75 Å². The summed E-state index contributed by atoms with van der Waals surface area (Å²) >= 11 is 0. The van der Waals surface area contributed by atoms with Crippen LogP contribution in [-0.2, 0) is 13.0 Å². The third-order valence-corrected chi connectivity index (χ3v) is 3.69. The van der Waals surface area contributed by atoms with Gasteiger partial charge in [0.25, 0.3) is 0 Å². The summed E-state index contributed by atoms with van der Waals surface area (Å²) in [7, 11) is 1.62. The van der Waals surface area contributed by atoms with Crippen LogP contribution in [0.5, 0.6) is 5.75 Å². The van der Waals surface area contributed by atoms with E-state index >= 15 is 0 Å². The highest BCUT2D eigenvalue weighted by Gasteiger charge is 2.13. The van der Waals surface area contributed by atoms with Crippen molar-refractivity contribution >= 4 is 11.0 Å². The van der Waals surface area contributed by atoms with Gasteiger partial charge in [-0.05, 0) is 24.7 Å². The zero-order valence-electron chi connectivity index (χ0n) is 12.4. The minimum absolute atomic E-state index is 0.212. The predicted octanol–water partition coefficient (Wildman–Crippen LogP) is 2.73. The molecule has 1 aromatic heterocycles. The summed E-state index contributed by atoms with van der Waals surface area (Å²) in [5.74, 6) is 1.40. The van der Waals surface area contributed by atoms with E-state index in [4.69, 9.17) is 10.5 Å². The number of nitrogens with two attached hydrogens (primary N) is 1. The van der Waals surface area contributed by atoms with Gasteiger partial charge < -0.3 is 15.0 Å². The first-order chi connectivity index (χ1) is 10.7. The van der Waals surface area contributed by atoms with E-state index < -0.39 is 0 Å². The molecule has 0 saturated carbocycles. The first-order valence-corrected chi connectivity index (χ1v) is 7.19. The fraction of sp³-hybridized carbons (Fsp3) is 0.235. The standard InChI is InChI=1S/C17H18FN3O/c1-22-13-6-7-16-15(10-13)20-17(8-9-19)21(16)11-12-4-2-3-5-14(12)18/h2-7,10H,8-9,11,19H2,1H3. The number of methoxy groups -OCH3 is 1. The van der Waals surface area contributed by atoms with Crippen molar-refractivity contribution < 1.29 is 9.13 Å². The van der Waals surface area contributed by atoms with Crippen LogP contribution in [0.1, 0.15) is 11.4 Å². The molecule has 1 heterocycles. The minimum Gasteiger partial charge on any atom is -0.497 e. The summed E-state index contributed by atoms with van der Waals surface area (Å²) in [6.45, 7) is 0.933. The van der Waals surface area contributed by atoms with Crippen LogP contribution in [0.4, 0.5) is 4.39 Å². The number of ether oxygens (including phenoxy) is 1. The van der Waals surface area contributed by atoms with Gasteiger partial charge in [-0.25, -0.2) is 9.37 Å². The third-order valence-electron chi connectivity index (χ3n) is 3.69. The maximum atomic E-state index is 13.9. The lowest BCUT2D eigenvalue weighted by Gasteiger charge is -2.10. The quantitative estimate of drug-likeness (QED) is 0.788. The van der Waals surface area contributed by atoms with Gasteiger partial charge in [0.1, 0.15) is 17.4 Å². The molecule has 4 nitrogen and oxygen atoms in total. The summed E-state index contributed by atoms with van der Waals surface area (Å²) in [5.41, 5.74) is 8.10. The summed E-state index contributed by atoms with van der Waals surface area (Å²) in [6.07, 6.45) is 0.644. The van der Waals surface area contributed by atoms with Crippen LogP contribution in [0.2, 0.25) is 0 Å². The van der Waals surface area contributed by atoms with E-state index in [0.717, 1.165) is 22.6 Å². The molecule has 3 aromatic rings. The van der Waals surface area contributed by atoms with Gasteiger partial charge in [0.2, 0.25) is 0 Å². The van der Waals surface area contributed by atoms with Crippen LogP contribution in [0.15, 0.2) is 42.5 Å². The topological polar surface area (TPSA) is 53.1 Å². The molecule has 2 aromatic carbocycles. The molecular formula is C17H18FN3O. The summed E-state index contributed by atoms with van der Waals surface area (Å²) < 4.78 is 21.2. The maximum absolute atomic E-state index is 13.9. The van der Waals surface area contributed by atoms with Crippen molar-refractivity contribution in [2.24, 2.45) is 5.73 Å². The summed E-state index contributed by atoms with van der Waals surface area (Å²) in [4.78, 5) is 4.62. The fourth-order valence-electron chi connectivity index (χ4n) is 2.58. The first-order valence-electron chi connectivity index (χ1n) is 7.19. The Balaban J connectivity index is 2.09. The number of imidazole rings is 1. The van der Waals surface area contributed by atoms with Gasteiger partial charge in [-0.3, -0.25) is 0 Å². The second kappa shape index (κ2) is 6.15. The molecule has 0 spiro atoms. The van der Waals surface area contributed by atoms with E-state index in [0.29, 0.717) is 25.1 Å².